The van der Waals surface area contributed by atoms with Crippen molar-refractivity contribution in [3.8, 4) is 11.1 Å². The van der Waals surface area contributed by atoms with Crippen molar-refractivity contribution < 1.29 is 8.42 Å². The summed E-state index contributed by atoms with van der Waals surface area (Å²) in [5.41, 5.74) is 2.96. The normalized spacial score (nSPS) is 11.4. The van der Waals surface area contributed by atoms with Crippen molar-refractivity contribution in [1.29, 1.82) is 0 Å². The predicted octanol–water partition coefficient (Wildman–Crippen LogP) is 2.31. The molecule has 88 valence electrons. The molecule has 2 N–H and O–H groups in total. The van der Waals surface area contributed by atoms with Crippen LogP contribution in [0, 0.1) is 6.92 Å². The molecule has 2 aromatic rings. The van der Waals surface area contributed by atoms with Crippen molar-refractivity contribution in [3.05, 3.63) is 54.1 Å². The lowest BCUT2D eigenvalue weighted by atomic mass is 10.0. The highest BCUT2D eigenvalue weighted by molar-refractivity contribution is 7.89. The molecule has 0 fully saturated rings. The molecule has 0 atom stereocenters. The molecule has 0 unspecified atom stereocenters. The molecule has 2 aromatic carbocycles. The van der Waals surface area contributed by atoms with E-state index in [0.29, 0.717) is 0 Å². The molecule has 0 saturated carbocycles. The summed E-state index contributed by atoms with van der Waals surface area (Å²) in [4.78, 5) is 0.136. The van der Waals surface area contributed by atoms with Crippen LogP contribution in [-0.2, 0) is 10.0 Å². The van der Waals surface area contributed by atoms with Gasteiger partial charge < -0.3 is 0 Å². The molecule has 17 heavy (non-hydrogen) atoms. The second-order valence-electron chi connectivity index (χ2n) is 3.94. The fourth-order valence-electron chi connectivity index (χ4n) is 1.68. The van der Waals surface area contributed by atoms with Gasteiger partial charge in [-0.05, 0) is 30.2 Å². The minimum atomic E-state index is -3.64. The summed E-state index contributed by atoms with van der Waals surface area (Å²) in [7, 11) is -3.64. The van der Waals surface area contributed by atoms with Crippen LogP contribution < -0.4 is 5.14 Å². The molecule has 0 saturated heterocycles. The third kappa shape index (κ3) is 2.72. The van der Waals surface area contributed by atoms with Crippen LogP contribution >= 0.6 is 0 Å². The van der Waals surface area contributed by atoms with E-state index in [4.69, 9.17) is 5.14 Å². The van der Waals surface area contributed by atoms with Gasteiger partial charge in [0.2, 0.25) is 10.0 Å². The van der Waals surface area contributed by atoms with Crippen molar-refractivity contribution >= 4 is 10.0 Å². The first-order valence-corrected chi connectivity index (χ1v) is 6.71. The highest BCUT2D eigenvalue weighted by Crippen LogP contribution is 2.22. The zero-order chi connectivity index (χ0) is 12.5. The summed E-state index contributed by atoms with van der Waals surface area (Å²) in [6.07, 6.45) is 0. The summed E-state index contributed by atoms with van der Waals surface area (Å²) >= 11 is 0. The number of rotatable bonds is 2. The van der Waals surface area contributed by atoms with Crippen molar-refractivity contribution in [2.75, 3.05) is 0 Å². The molecule has 0 heterocycles. The Balaban J connectivity index is 2.54. The van der Waals surface area contributed by atoms with E-state index in [9.17, 15) is 8.42 Å². The van der Waals surface area contributed by atoms with Gasteiger partial charge in [-0.25, -0.2) is 13.6 Å². The van der Waals surface area contributed by atoms with E-state index in [2.05, 4.69) is 0 Å². The third-order valence-electron chi connectivity index (χ3n) is 2.51. The molecule has 4 heteroatoms. The van der Waals surface area contributed by atoms with Crippen LogP contribution in [0.4, 0.5) is 0 Å². The maximum Gasteiger partial charge on any atom is 0.238 e. The van der Waals surface area contributed by atoms with Gasteiger partial charge in [-0.15, -0.1) is 0 Å². The van der Waals surface area contributed by atoms with Crippen LogP contribution in [0.15, 0.2) is 53.4 Å². The molecule has 0 bridgehead atoms. The molecule has 0 radical (unpaired) electrons. The summed E-state index contributed by atoms with van der Waals surface area (Å²) in [5.74, 6) is 0. The van der Waals surface area contributed by atoms with Gasteiger partial charge in [0, 0.05) is 0 Å². The number of nitrogens with two attached hydrogens (primary N) is 1. The van der Waals surface area contributed by atoms with Crippen molar-refractivity contribution in [1.82, 2.24) is 0 Å². The van der Waals surface area contributed by atoms with E-state index in [1.807, 2.05) is 37.3 Å². The summed E-state index contributed by atoms with van der Waals surface area (Å²) in [6, 6.07) is 14.5. The molecule has 2 rings (SSSR count). The molecule has 0 aromatic heterocycles. The van der Waals surface area contributed by atoms with Gasteiger partial charge in [-0.3, -0.25) is 0 Å². The molecule has 0 amide bonds. The number of primary sulfonamides is 1. The highest BCUT2D eigenvalue weighted by atomic mass is 32.2. The van der Waals surface area contributed by atoms with Crippen molar-refractivity contribution in [2.45, 2.75) is 11.8 Å². The maximum atomic E-state index is 11.3. The van der Waals surface area contributed by atoms with Gasteiger partial charge in [0.05, 0.1) is 4.90 Å². The summed E-state index contributed by atoms with van der Waals surface area (Å²) in [6.45, 7) is 1.99. The van der Waals surface area contributed by atoms with E-state index in [1.54, 1.807) is 12.1 Å². The number of hydrogen-bond acceptors (Lipinski definition) is 2. The smallest absolute Gasteiger partial charge is 0.225 e. The number of hydrogen-bond donors (Lipinski definition) is 1. The minimum absolute atomic E-state index is 0.136. The minimum Gasteiger partial charge on any atom is -0.225 e. The maximum absolute atomic E-state index is 11.3. The van der Waals surface area contributed by atoms with E-state index in [0.717, 1.165) is 16.7 Å². The number of aryl methyl sites for hydroxylation is 1. The lowest BCUT2D eigenvalue weighted by Crippen LogP contribution is -2.11. The second kappa shape index (κ2) is 4.31. The van der Waals surface area contributed by atoms with E-state index >= 15 is 0 Å². The number of sulfonamides is 1. The standard InChI is InChI=1S/C13H13NO2S/c1-10-4-2-5-11(8-10)12-6-3-7-13(9-12)17(14,15)16/h2-9H,1H3,(H2,14,15,16). The molecular formula is C13H13NO2S. The summed E-state index contributed by atoms with van der Waals surface area (Å²) in [5, 5.41) is 5.11. The first-order valence-electron chi connectivity index (χ1n) is 5.17. The average molecular weight is 247 g/mol. The molecule has 0 aliphatic carbocycles. The van der Waals surface area contributed by atoms with Crippen LogP contribution in [0.3, 0.4) is 0 Å². The lowest BCUT2D eigenvalue weighted by Gasteiger charge is -2.05. The Bertz CT molecular complexity index is 648. The predicted molar refractivity (Wildman–Crippen MR) is 68.0 cm³/mol. The van der Waals surface area contributed by atoms with E-state index < -0.39 is 10.0 Å². The van der Waals surface area contributed by atoms with Gasteiger partial charge in [-0.1, -0.05) is 42.0 Å². The van der Waals surface area contributed by atoms with Crippen molar-refractivity contribution in [2.24, 2.45) is 5.14 Å². The van der Waals surface area contributed by atoms with E-state index in [1.165, 1.54) is 6.07 Å². The zero-order valence-corrected chi connectivity index (χ0v) is 10.2. The van der Waals surface area contributed by atoms with E-state index in [-0.39, 0.29) is 4.90 Å². The molecular weight excluding hydrogens is 234 g/mol. The monoisotopic (exact) mass is 247 g/mol. The van der Waals surface area contributed by atoms with Gasteiger partial charge in [0.25, 0.3) is 0 Å². The molecule has 3 nitrogen and oxygen atoms in total. The first-order chi connectivity index (χ1) is 7.97. The van der Waals surface area contributed by atoms with Crippen LogP contribution in [0.25, 0.3) is 11.1 Å². The van der Waals surface area contributed by atoms with Crippen LogP contribution in [0.2, 0.25) is 0 Å². The van der Waals surface area contributed by atoms with Gasteiger partial charge in [0.1, 0.15) is 0 Å². The van der Waals surface area contributed by atoms with Gasteiger partial charge in [0.15, 0.2) is 0 Å². The summed E-state index contributed by atoms with van der Waals surface area (Å²) < 4.78 is 22.5. The fourth-order valence-corrected chi connectivity index (χ4v) is 2.24. The molecule has 0 aliphatic heterocycles. The molecule has 0 spiro atoms. The molecule has 0 aliphatic rings. The Hall–Kier alpha value is -1.65. The quantitative estimate of drug-likeness (QED) is 0.885. The van der Waals surface area contributed by atoms with Gasteiger partial charge in [-0.2, -0.15) is 0 Å². The Morgan fingerprint density at radius 2 is 1.53 bits per heavy atom. The second-order valence-corrected chi connectivity index (χ2v) is 5.50. The lowest BCUT2D eigenvalue weighted by molar-refractivity contribution is 0.598. The largest absolute Gasteiger partial charge is 0.238 e. The zero-order valence-electron chi connectivity index (χ0n) is 9.42. The van der Waals surface area contributed by atoms with Crippen LogP contribution in [-0.4, -0.2) is 8.42 Å². The Morgan fingerprint density at radius 1 is 0.941 bits per heavy atom. The van der Waals surface area contributed by atoms with Crippen LogP contribution in [0.5, 0.6) is 0 Å². The van der Waals surface area contributed by atoms with Crippen molar-refractivity contribution in [3.63, 3.8) is 0 Å². The Morgan fingerprint density at radius 3 is 2.12 bits per heavy atom. The SMILES string of the molecule is Cc1cccc(-c2cccc(S(N)(=O)=O)c2)c1. The topological polar surface area (TPSA) is 60.2 Å². The number of benzene rings is 2. The average Bonchev–Trinajstić information content (AvgIpc) is 2.28. The van der Waals surface area contributed by atoms with Gasteiger partial charge >= 0.3 is 0 Å². The third-order valence-corrected chi connectivity index (χ3v) is 3.42. The Kier molecular flexibility index (Phi) is 3.00. The van der Waals surface area contributed by atoms with Crippen LogP contribution in [0.1, 0.15) is 5.56 Å². The fraction of sp³-hybridized carbons (Fsp3) is 0.0769. The Labute approximate surface area is 101 Å². The first kappa shape index (κ1) is 11.8. The highest BCUT2D eigenvalue weighted by Gasteiger charge is 2.08.